The van der Waals surface area contributed by atoms with Crippen LogP contribution in [0.5, 0.6) is 5.75 Å². The van der Waals surface area contributed by atoms with Crippen molar-refractivity contribution in [3.8, 4) is 5.75 Å². The number of amides is 2. The molecular weight excluding hydrogens is 352 g/mol. The molecule has 0 atom stereocenters. The molecule has 0 radical (unpaired) electrons. The third kappa shape index (κ3) is 3.79. The fourth-order valence-electron chi connectivity index (χ4n) is 3.75. The van der Waals surface area contributed by atoms with Crippen LogP contribution in [0.1, 0.15) is 48.0 Å². The number of nitrogens with zero attached hydrogens (tertiary/aromatic N) is 1. The van der Waals surface area contributed by atoms with E-state index < -0.39 is 0 Å². The summed E-state index contributed by atoms with van der Waals surface area (Å²) in [5.74, 6) is 0.683. The summed E-state index contributed by atoms with van der Waals surface area (Å²) in [4.78, 5) is 26.6. The first-order chi connectivity index (χ1) is 13.6. The van der Waals surface area contributed by atoms with Crippen LogP contribution in [0, 0.1) is 0 Å². The molecule has 0 unspecified atom stereocenters. The van der Waals surface area contributed by atoms with Gasteiger partial charge in [-0.1, -0.05) is 43.5 Å². The zero-order valence-corrected chi connectivity index (χ0v) is 16.0. The van der Waals surface area contributed by atoms with Gasteiger partial charge >= 0.3 is 0 Å². The highest BCUT2D eigenvalue weighted by Gasteiger charge is 2.27. The lowest BCUT2D eigenvalue weighted by Gasteiger charge is -2.27. The summed E-state index contributed by atoms with van der Waals surface area (Å²) in [6.45, 7) is 0. The second kappa shape index (κ2) is 7.89. The maximum atomic E-state index is 12.6. The lowest BCUT2D eigenvalue weighted by molar-refractivity contribution is -0.117. The minimum Gasteiger partial charge on any atom is -0.449 e. The monoisotopic (exact) mass is 376 g/mol. The van der Waals surface area contributed by atoms with E-state index in [0.717, 1.165) is 24.1 Å². The van der Waals surface area contributed by atoms with Crippen LogP contribution in [0.3, 0.4) is 0 Å². The average molecular weight is 376 g/mol. The maximum absolute atomic E-state index is 12.6. The number of rotatable bonds is 3. The Morgan fingerprint density at radius 3 is 2.54 bits per heavy atom. The van der Waals surface area contributed by atoms with Crippen LogP contribution in [-0.2, 0) is 4.79 Å². The van der Waals surface area contributed by atoms with Gasteiger partial charge in [0, 0.05) is 18.7 Å². The molecule has 28 heavy (non-hydrogen) atoms. The summed E-state index contributed by atoms with van der Waals surface area (Å²) in [5.41, 5.74) is 2.19. The number of fused-ring (bicyclic) bond motifs is 1. The molecule has 0 saturated heterocycles. The molecular formula is C23H24N2O3. The van der Waals surface area contributed by atoms with E-state index in [1.807, 2.05) is 36.4 Å². The zero-order valence-electron chi connectivity index (χ0n) is 16.0. The Hall–Kier alpha value is -3.08. The van der Waals surface area contributed by atoms with Crippen LogP contribution >= 0.6 is 0 Å². The van der Waals surface area contributed by atoms with E-state index in [9.17, 15) is 9.59 Å². The van der Waals surface area contributed by atoms with Gasteiger partial charge in [0.25, 0.3) is 11.8 Å². The van der Waals surface area contributed by atoms with E-state index in [2.05, 4.69) is 5.32 Å². The van der Waals surface area contributed by atoms with Crippen molar-refractivity contribution in [3.63, 3.8) is 0 Å². The van der Waals surface area contributed by atoms with E-state index in [1.54, 1.807) is 30.2 Å². The first kappa shape index (κ1) is 18.3. The number of likely N-dealkylation sites (N-methyl/N-ethyl adjacent to an activating group) is 1. The Morgan fingerprint density at radius 2 is 1.79 bits per heavy atom. The van der Waals surface area contributed by atoms with E-state index in [4.69, 9.17) is 4.74 Å². The molecule has 2 aliphatic rings. The molecule has 1 fully saturated rings. The van der Waals surface area contributed by atoms with Gasteiger partial charge in [-0.2, -0.15) is 0 Å². The Morgan fingerprint density at radius 1 is 1.07 bits per heavy atom. The topological polar surface area (TPSA) is 58.6 Å². The van der Waals surface area contributed by atoms with Gasteiger partial charge < -0.3 is 15.0 Å². The Kier molecular flexibility index (Phi) is 5.15. The van der Waals surface area contributed by atoms with Crippen molar-refractivity contribution in [2.75, 3.05) is 11.9 Å². The SMILES string of the molecule is CN1C(=O)/C(=C/c2ccc(C(=O)NC3CCCCC3)cc2)Oc2ccccc21. The number of carbonyl (C=O) groups excluding carboxylic acids is 2. The van der Waals surface area contributed by atoms with Crippen LogP contribution in [0.2, 0.25) is 0 Å². The molecule has 2 amide bonds. The number of anilines is 1. The fraction of sp³-hybridized carbons (Fsp3) is 0.304. The number of para-hydroxylation sites is 2. The number of ether oxygens (including phenoxy) is 1. The molecule has 0 bridgehead atoms. The van der Waals surface area contributed by atoms with Crippen molar-refractivity contribution in [2.45, 2.75) is 38.1 Å². The van der Waals surface area contributed by atoms with Crippen LogP contribution < -0.4 is 15.0 Å². The normalized spacial score (nSPS) is 18.5. The lowest BCUT2D eigenvalue weighted by atomic mass is 9.95. The van der Waals surface area contributed by atoms with E-state index >= 15 is 0 Å². The number of benzene rings is 2. The molecule has 1 aliphatic carbocycles. The van der Waals surface area contributed by atoms with Gasteiger partial charge in [-0.3, -0.25) is 9.59 Å². The second-order valence-corrected chi connectivity index (χ2v) is 7.37. The zero-order chi connectivity index (χ0) is 19.5. The smallest absolute Gasteiger partial charge is 0.293 e. The standard InChI is InChI=1S/C23H24N2O3/c1-25-19-9-5-6-10-20(19)28-21(23(25)27)15-16-11-13-17(14-12-16)22(26)24-18-7-3-2-4-8-18/h5-6,9-15,18H,2-4,7-8H2,1H3,(H,24,26)/b21-15-. The number of nitrogens with one attached hydrogen (secondary N) is 1. The highest BCUT2D eigenvalue weighted by molar-refractivity contribution is 6.09. The van der Waals surface area contributed by atoms with Crippen LogP contribution in [0.25, 0.3) is 6.08 Å². The molecule has 2 aromatic carbocycles. The summed E-state index contributed by atoms with van der Waals surface area (Å²) < 4.78 is 5.79. The summed E-state index contributed by atoms with van der Waals surface area (Å²) in [6, 6.07) is 15.0. The minimum atomic E-state index is -0.196. The number of hydrogen-bond acceptors (Lipinski definition) is 3. The quantitative estimate of drug-likeness (QED) is 0.819. The third-order valence-corrected chi connectivity index (χ3v) is 5.37. The Labute approximate surface area is 165 Å². The lowest BCUT2D eigenvalue weighted by Crippen LogP contribution is -2.36. The highest BCUT2D eigenvalue weighted by Crippen LogP contribution is 2.34. The Bertz CT molecular complexity index is 912. The average Bonchev–Trinajstić information content (AvgIpc) is 2.73. The van der Waals surface area contributed by atoms with E-state index in [1.165, 1.54) is 19.3 Å². The molecule has 1 N–H and O–H groups in total. The maximum Gasteiger partial charge on any atom is 0.293 e. The van der Waals surface area contributed by atoms with E-state index in [0.29, 0.717) is 11.3 Å². The molecule has 1 aliphatic heterocycles. The van der Waals surface area contributed by atoms with Gasteiger partial charge in [-0.25, -0.2) is 0 Å². The largest absolute Gasteiger partial charge is 0.449 e. The summed E-state index contributed by atoms with van der Waals surface area (Å²) in [6.07, 6.45) is 7.45. The molecule has 5 heteroatoms. The molecule has 1 saturated carbocycles. The molecule has 1 heterocycles. The van der Waals surface area contributed by atoms with Crippen molar-refractivity contribution >= 4 is 23.6 Å². The predicted octanol–water partition coefficient (Wildman–Crippen LogP) is 4.15. The van der Waals surface area contributed by atoms with Crippen molar-refractivity contribution in [3.05, 3.63) is 65.4 Å². The summed E-state index contributed by atoms with van der Waals surface area (Å²) in [5, 5.41) is 3.12. The van der Waals surface area contributed by atoms with Crippen LogP contribution in [0.15, 0.2) is 54.3 Å². The van der Waals surface area contributed by atoms with Crippen LogP contribution in [0.4, 0.5) is 5.69 Å². The van der Waals surface area contributed by atoms with Gasteiger partial charge in [0.2, 0.25) is 0 Å². The summed E-state index contributed by atoms with van der Waals surface area (Å²) >= 11 is 0. The van der Waals surface area contributed by atoms with Crippen molar-refractivity contribution in [2.24, 2.45) is 0 Å². The third-order valence-electron chi connectivity index (χ3n) is 5.37. The van der Waals surface area contributed by atoms with E-state index in [-0.39, 0.29) is 23.6 Å². The Balaban J connectivity index is 1.48. The van der Waals surface area contributed by atoms with Crippen molar-refractivity contribution in [1.29, 1.82) is 0 Å². The number of carbonyl (C=O) groups is 2. The second-order valence-electron chi connectivity index (χ2n) is 7.37. The predicted molar refractivity (Wildman–Crippen MR) is 109 cm³/mol. The van der Waals surface area contributed by atoms with Gasteiger partial charge in [-0.15, -0.1) is 0 Å². The first-order valence-corrected chi connectivity index (χ1v) is 9.79. The van der Waals surface area contributed by atoms with Gasteiger partial charge in [0.05, 0.1) is 5.69 Å². The van der Waals surface area contributed by atoms with Crippen molar-refractivity contribution in [1.82, 2.24) is 5.32 Å². The molecule has 5 nitrogen and oxygen atoms in total. The minimum absolute atomic E-state index is 0.0373. The molecule has 2 aromatic rings. The first-order valence-electron chi connectivity index (χ1n) is 9.79. The highest BCUT2D eigenvalue weighted by atomic mass is 16.5. The van der Waals surface area contributed by atoms with Crippen molar-refractivity contribution < 1.29 is 14.3 Å². The number of hydrogen-bond donors (Lipinski definition) is 1. The molecule has 0 spiro atoms. The molecule has 4 rings (SSSR count). The molecule has 0 aromatic heterocycles. The van der Waals surface area contributed by atoms with Gasteiger partial charge in [-0.05, 0) is 48.7 Å². The summed E-state index contributed by atoms with van der Waals surface area (Å²) in [7, 11) is 1.73. The molecule has 144 valence electrons. The van der Waals surface area contributed by atoms with Crippen LogP contribution in [-0.4, -0.2) is 24.9 Å². The fourth-order valence-corrected chi connectivity index (χ4v) is 3.75. The van der Waals surface area contributed by atoms with Gasteiger partial charge in [0.1, 0.15) is 0 Å². The van der Waals surface area contributed by atoms with Gasteiger partial charge in [0.15, 0.2) is 11.5 Å².